The lowest BCUT2D eigenvalue weighted by atomic mass is 10.1. The Morgan fingerprint density at radius 2 is 1.61 bits per heavy atom. The molecule has 0 rings (SSSR count). The van der Waals surface area contributed by atoms with Crippen molar-refractivity contribution in [2.45, 2.75) is 58.9 Å². The summed E-state index contributed by atoms with van der Waals surface area (Å²) in [4.78, 5) is 12.5. The smallest absolute Gasteiger partial charge is 0.334 e. The van der Waals surface area contributed by atoms with Crippen molar-refractivity contribution in [1.29, 1.82) is 0 Å². The highest BCUT2D eigenvalue weighted by molar-refractivity contribution is 5.84. The van der Waals surface area contributed by atoms with Crippen molar-refractivity contribution in [3.05, 3.63) is 0 Å². The molecule has 0 saturated carbocycles. The average molecular weight is 271 g/mol. The maximum Gasteiger partial charge on any atom is 0.383 e. The highest BCUT2D eigenvalue weighted by Crippen LogP contribution is 2.27. The maximum atomic E-state index is 13.1. The molecular weight excluding hydrogens is 250 g/mol. The third-order valence-corrected chi connectivity index (χ3v) is 2.77. The normalized spacial score (nSPS) is 12.6. The summed E-state index contributed by atoms with van der Waals surface area (Å²) in [5.41, 5.74) is 0. The van der Waals surface area contributed by atoms with Crippen LogP contribution in [0, 0.1) is 5.92 Å². The van der Waals surface area contributed by atoms with E-state index in [4.69, 9.17) is 0 Å². The third-order valence-electron chi connectivity index (χ3n) is 2.77. The van der Waals surface area contributed by atoms with Crippen molar-refractivity contribution in [1.82, 2.24) is 4.90 Å². The van der Waals surface area contributed by atoms with Crippen LogP contribution in [0.2, 0.25) is 0 Å². The van der Waals surface area contributed by atoms with Crippen LogP contribution in [0.25, 0.3) is 0 Å². The molecule has 0 saturated heterocycles. The summed E-state index contributed by atoms with van der Waals surface area (Å²) in [6.45, 7) is 7.06. The summed E-state index contributed by atoms with van der Waals surface area (Å²) in [5, 5.41) is 0. The number of nitrogens with zero attached hydrogens (tertiary/aromatic N) is 1. The average Bonchev–Trinajstić information content (AvgIpc) is 2.27. The van der Waals surface area contributed by atoms with Gasteiger partial charge in [0.25, 0.3) is 5.91 Å². The molecule has 0 aromatic heterocycles. The van der Waals surface area contributed by atoms with E-state index in [1.807, 2.05) is 0 Å². The molecule has 0 spiro atoms. The molecule has 0 fully saturated rings. The Morgan fingerprint density at radius 3 is 1.89 bits per heavy atom. The van der Waals surface area contributed by atoms with Gasteiger partial charge in [0.1, 0.15) is 0 Å². The van der Waals surface area contributed by atoms with Crippen molar-refractivity contribution in [2.24, 2.45) is 5.92 Å². The number of amides is 1. The van der Waals surface area contributed by atoms with Crippen molar-refractivity contribution >= 4 is 5.91 Å². The van der Waals surface area contributed by atoms with Gasteiger partial charge < -0.3 is 4.90 Å². The van der Waals surface area contributed by atoms with Gasteiger partial charge in [-0.2, -0.15) is 8.78 Å². The van der Waals surface area contributed by atoms with Crippen LogP contribution in [0.5, 0.6) is 0 Å². The van der Waals surface area contributed by atoms with Gasteiger partial charge in [0.15, 0.2) is 0 Å². The van der Waals surface area contributed by atoms with Crippen LogP contribution in [-0.4, -0.2) is 35.7 Å². The Morgan fingerprint density at radius 1 is 1.17 bits per heavy atom. The number of carbonyl (C=O) groups excluding carboxylic acids is 1. The molecule has 0 aromatic carbocycles. The molecule has 0 heterocycles. The molecule has 0 radical (unpaired) electrons. The van der Waals surface area contributed by atoms with Crippen molar-refractivity contribution in [3.63, 3.8) is 0 Å². The number of hydrogen-bond donors (Lipinski definition) is 0. The number of hydrogen-bond acceptors (Lipinski definition) is 1. The SMILES string of the molecule is CCC(CC)N(CC(C)C)C(=O)C(F)(F)C(F)F. The number of carbonyl (C=O) groups is 1. The van der Waals surface area contributed by atoms with Crippen LogP contribution in [0.15, 0.2) is 0 Å². The van der Waals surface area contributed by atoms with E-state index < -0.39 is 24.3 Å². The quantitative estimate of drug-likeness (QED) is 0.648. The Hall–Kier alpha value is -0.810. The van der Waals surface area contributed by atoms with E-state index in [2.05, 4.69) is 0 Å². The van der Waals surface area contributed by atoms with Crippen LogP contribution in [0.3, 0.4) is 0 Å². The predicted octanol–water partition coefficient (Wildman–Crippen LogP) is 3.56. The highest BCUT2D eigenvalue weighted by Gasteiger charge is 2.51. The Balaban J connectivity index is 5.13. The third kappa shape index (κ3) is 4.14. The molecule has 0 atom stereocenters. The maximum absolute atomic E-state index is 13.1. The largest absolute Gasteiger partial charge is 0.383 e. The van der Waals surface area contributed by atoms with Gasteiger partial charge >= 0.3 is 12.3 Å². The first kappa shape index (κ1) is 17.2. The van der Waals surface area contributed by atoms with E-state index in [0.29, 0.717) is 12.8 Å². The predicted molar refractivity (Wildman–Crippen MR) is 61.9 cm³/mol. The summed E-state index contributed by atoms with van der Waals surface area (Å²) in [6.07, 6.45) is -3.03. The zero-order valence-electron chi connectivity index (χ0n) is 11.2. The standard InChI is InChI=1S/C12H21F4NO/c1-5-9(6-2)17(7-8(3)4)11(18)12(15,16)10(13)14/h8-10H,5-7H2,1-4H3. The van der Waals surface area contributed by atoms with Gasteiger partial charge in [-0.15, -0.1) is 0 Å². The van der Waals surface area contributed by atoms with Crippen molar-refractivity contribution < 1.29 is 22.4 Å². The summed E-state index contributed by atoms with van der Waals surface area (Å²) in [5.74, 6) is -6.42. The van der Waals surface area contributed by atoms with Crippen LogP contribution in [-0.2, 0) is 4.79 Å². The zero-order chi connectivity index (χ0) is 14.5. The summed E-state index contributed by atoms with van der Waals surface area (Å²) < 4.78 is 50.7. The topological polar surface area (TPSA) is 20.3 Å². The lowest BCUT2D eigenvalue weighted by Gasteiger charge is -2.34. The molecule has 0 aliphatic carbocycles. The summed E-state index contributed by atoms with van der Waals surface area (Å²) in [7, 11) is 0. The number of halogens is 4. The van der Waals surface area contributed by atoms with E-state index in [-0.39, 0.29) is 12.5 Å². The zero-order valence-corrected chi connectivity index (χ0v) is 11.2. The molecule has 0 aromatic rings. The van der Waals surface area contributed by atoms with E-state index in [0.717, 1.165) is 4.90 Å². The van der Waals surface area contributed by atoms with Crippen LogP contribution < -0.4 is 0 Å². The van der Waals surface area contributed by atoms with E-state index in [1.54, 1.807) is 27.7 Å². The summed E-state index contributed by atoms with van der Waals surface area (Å²) in [6, 6.07) is -0.426. The van der Waals surface area contributed by atoms with Crippen molar-refractivity contribution in [2.75, 3.05) is 6.54 Å². The van der Waals surface area contributed by atoms with Gasteiger partial charge in [0.05, 0.1) is 0 Å². The second kappa shape index (κ2) is 6.95. The molecular formula is C12H21F4NO. The minimum absolute atomic E-state index is 0.0528. The minimum atomic E-state index is -4.60. The van der Waals surface area contributed by atoms with Gasteiger partial charge in [-0.05, 0) is 18.8 Å². The van der Waals surface area contributed by atoms with E-state index in [1.165, 1.54) is 0 Å². The van der Waals surface area contributed by atoms with E-state index >= 15 is 0 Å². The fraction of sp³-hybridized carbons (Fsp3) is 0.917. The molecule has 2 nitrogen and oxygen atoms in total. The molecule has 0 N–H and O–H groups in total. The van der Waals surface area contributed by atoms with Crippen LogP contribution in [0.1, 0.15) is 40.5 Å². The first-order chi connectivity index (χ1) is 8.18. The second-order valence-corrected chi connectivity index (χ2v) is 4.75. The number of alkyl halides is 4. The molecule has 0 unspecified atom stereocenters. The molecule has 6 heteroatoms. The molecule has 1 amide bonds. The fourth-order valence-corrected chi connectivity index (χ4v) is 1.81. The van der Waals surface area contributed by atoms with Gasteiger partial charge in [0.2, 0.25) is 0 Å². The Bertz CT molecular complexity index is 265. The second-order valence-electron chi connectivity index (χ2n) is 4.75. The highest BCUT2D eigenvalue weighted by atomic mass is 19.3. The van der Waals surface area contributed by atoms with Gasteiger partial charge in [-0.3, -0.25) is 4.79 Å². The fourth-order valence-electron chi connectivity index (χ4n) is 1.81. The Labute approximate surface area is 105 Å². The molecule has 0 aliphatic heterocycles. The molecule has 18 heavy (non-hydrogen) atoms. The van der Waals surface area contributed by atoms with Crippen molar-refractivity contribution in [3.8, 4) is 0 Å². The van der Waals surface area contributed by atoms with Crippen LogP contribution in [0.4, 0.5) is 17.6 Å². The minimum Gasteiger partial charge on any atom is -0.334 e. The molecule has 0 bridgehead atoms. The molecule has 108 valence electrons. The van der Waals surface area contributed by atoms with E-state index in [9.17, 15) is 22.4 Å². The molecule has 0 aliphatic rings. The van der Waals surface area contributed by atoms with Gasteiger partial charge in [0, 0.05) is 12.6 Å². The lowest BCUT2D eigenvalue weighted by molar-refractivity contribution is -0.183. The monoisotopic (exact) mass is 271 g/mol. The van der Waals surface area contributed by atoms with Crippen LogP contribution >= 0.6 is 0 Å². The Kier molecular flexibility index (Phi) is 6.63. The lowest BCUT2D eigenvalue weighted by Crippen LogP contribution is -2.52. The first-order valence-electron chi connectivity index (χ1n) is 6.15. The first-order valence-corrected chi connectivity index (χ1v) is 6.15. The van der Waals surface area contributed by atoms with Gasteiger partial charge in [-0.1, -0.05) is 27.7 Å². The number of rotatable bonds is 7. The summed E-state index contributed by atoms with van der Waals surface area (Å²) >= 11 is 0. The van der Waals surface area contributed by atoms with Gasteiger partial charge in [-0.25, -0.2) is 8.78 Å².